The lowest BCUT2D eigenvalue weighted by Crippen LogP contribution is -2.17. The van der Waals surface area contributed by atoms with Crippen molar-refractivity contribution in [1.82, 2.24) is 24.8 Å². The van der Waals surface area contributed by atoms with Crippen LogP contribution in [0.5, 0.6) is 0 Å². The van der Waals surface area contributed by atoms with Crippen LogP contribution in [0, 0.1) is 13.8 Å². The number of thioether (sulfide) groups is 1. The first-order chi connectivity index (χ1) is 14.5. The number of hydrogen-bond donors (Lipinski definition) is 1. The fourth-order valence-electron chi connectivity index (χ4n) is 3.01. The molecule has 1 N–H and O–H groups in total. The van der Waals surface area contributed by atoms with Crippen LogP contribution in [0.4, 0.5) is 0 Å². The van der Waals surface area contributed by atoms with E-state index < -0.39 is 0 Å². The monoisotopic (exact) mass is 426 g/mol. The molecule has 0 spiro atoms. The van der Waals surface area contributed by atoms with E-state index in [0.29, 0.717) is 12.2 Å². The summed E-state index contributed by atoms with van der Waals surface area (Å²) in [6.07, 6.45) is 3.35. The molecule has 0 unspecified atom stereocenters. The summed E-state index contributed by atoms with van der Waals surface area (Å²) in [4.78, 5) is 12.4. The van der Waals surface area contributed by atoms with E-state index in [0.717, 1.165) is 40.0 Å². The van der Waals surface area contributed by atoms with Crippen molar-refractivity contribution >= 4 is 23.9 Å². The van der Waals surface area contributed by atoms with Crippen LogP contribution in [0.3, 0.4) is 0 Å². The normalized spacial score (nSPS) is 11.3. The number of methoxy groups -OCH3 is 1. The molecule has 1 aromatic carbocycles. The van der Waals surface area contributed by atoms with Crippen molar-refractivity contribution in [2.45, 2.75) is 31.3 Å². The maximum absolute atomic E-state index is 12.4. The molecular weight excluding hydrogens is 400 g/mol. The van der Waals surface area contributed by atoms with Gasteiger partial charge in [0.2, 0.25) is 0 Å². The van der Waals surface area contributed by atoms with E-state index >= 15 is 0 Å². The Morgan fingerprint density at radius 1 is 1.30 bits per heavy atom. The Kier molecular flexibility index (Phi) is 7.42. The molecule has 0 saturated carbocycles. The zero-order valence-corrected chi connectivity index (χ0v) is 18.4. The molecule has 3 aromatic rings. The number of carbonyl (C=O) groups excluding carboxylic acids is 1. The maximum atomic E-state index is 12.4. The van der Waals surface area contributed by atoms with Gasteiger partial charge < -0.3 is 13.9 Å². The number of aryl methyl sites for hydroxylation is 2. The maximum Gasteiger partial charge on any atom is 0.271 e. The standard InChI is InChI=1S/C21H26N6O2S/c1-15-11-19(16(2)27(15)9-10-29-4)12-22-24-20(28)18-7-5-17(6-8-18)13-30-21-25-23-14-26(21)3/h5-8,11-12,14H,9-10,13H2,1-4H3,(H,24,28)/b22-12+. The van der Waals surface area contributed by atoms with E-state index in [-0.39, 0.29) is 5.91 Å². The van der Waals surface area contributed by atoms with Crippen molar-refractivity contribution in [3.05, 3.63) is 64.7 Å². The van der Waals surface area contributed by atoms with Gasteiger partial charge in [0, 0.05) is 49.0 Å². The number of rotatable bonds is 9. The van der Waals surface area contributed by atoms with Crippen molar-refractivity contribution in [2.75, 3.05) is 13.7 Å². The van der Waals surface area contributed by atoms with Crippen LogP contribution in [-0.4, -0.2) is 45.2 Å². The van der Waals surface area contributed by atoms with Gasteiger partial charge in [0.1, 0.15) is 6.33 Å². The van der Waals surface area contributed by atoms with Crippen molar-refractivity contribution in [3.8, 4) is 0 Å². The van der Waals surface area contributed by atoms with Crippen LogP contribution in [-0.2, 0) is 24.1 Å². The summed E-state index contributed by atoms with van der Waals surface area (Å²) in [6, 6.07) is 9.52. The molecule has 30 heavy (non-hydrogen) atoms. The SMILES string of the molecule is COCCn1c(C)cc(/C=N/NC(=O)c2ccc(CSc3nncn3C)cc2)c1C. The number of amides is 1. The summed E-state index contributed by atoms with van der Waals surface area (Å²) >= 11 is 1.60. The van der Waals surface area contributed by atoms with E-state index in [9.17, 15) is 4.79 Å². The first kappa shape index (κ1) is 21.8. The molecule has 0 aliphatic rings. The van der Waals surface area contributed by atoms with E-state index in [4.69, 9.17) is 4.74 Å². The molecule has 0 bridgehead atoms. The second kappa shape index (κ2) is 10.2. The van der Waals surface area contributed by atoms with Crippen molar-refractivity contribution in [1.29, 1.82) is 0 Å². The number of ether oxygens (including phenoxy) is 1. The summed E-state index contributed by atoms with van der Waals surface area (Å²) in [5.41, 5.74) is 7.46. The van der Waals surface area contributed by atoms with Crippen LogP contribution in [0.1, 0.15) is 32.9 Å². The van der Waals surface area contributed by atoms with Gasteiger partial charge in [-0.2, -0.15) is 5.10 Å². The molecular formula is C21H26N6O2S. The fraction of sp³-hybridized carbons (Fsp3) is 0.333. The topological polar surface area (TPSA) is 86.3 Å². The molecule has 0 saturated heterocycles. The van der Waals surface area contributed by atoms with E-state index in [1.807, 2.05) is 43.7 Å². The van der Waals surface area contributed by atoms with Crippen LogP contribution < -0.4 is 5.43 Å². The van der Waals surface area contributed by atoms with Gasteiger partial charge in [0.15, 0.2) is 5.16 Å². The lowest BCUT2D eigenvalue weighted by Gasteiger charge is -2.08. The smallest absolute Gasteiger partial charge is 0.271 e. The van der Waals surface area contributed by atoms with Gasteiger partial charge in [-0.1, -0.05) is 23.9 Å². The highest BCUT2D eigenvalue weighted by Gasteiger charge is 2.08. The zero-order chi connectivity index (χ0) is 21.5. The predicted molar refractivity (Wildman–Crippen MR) is 118 cm³/mol. The summed E-state index contributed by atoms with van der Waals surface area (Å²) < 4.78 is 9.20. The zero-order valence-electron chi connectivity index (χ0n) is 17.6. The molecule has 0 atom stereocenters. The molecule has 0 aliphatic carbocycles. The summed E-state index contributed by atoms with van der Waals surface area (Å²) in [5.74, 6) is 0.512. The minimum atomic E-state index is -0.244. The van der Waals surface area contributed by atoms with Crippen LogP contribution in [0.25, 0.3) is 0 Å². The van der Waals surface area contributed by atoms with Gasteiger partial charge in [0.05, 0.1) is 12.8 Å². The number of carbonyl (C=O) groups is 1. The van der Waals surface area contributed by atoms with Crippen molar-refractivity contribution in [3.63, 3.8) is 0 Å². The Labute approximate surface area is 180 Å². The van der Waals surface area contributed by atoms with E-state index in [2.05, 4.69) is 25.3 Å². The Hall–Kier alpha value is -2.91. The molecule has 8 nitrogen and oxygen atoms in total. The number of hydrazone groups is 1. The second-order valence-electron chi connectivity index (χ2n) is 6.88. The Morgan fingerprint density at radius 3 is 2.73 bits per heavy atom. The molecule has 3 rings (SSSR count). The van der Waals surface area contributed by atoms with Gasteiger partial charge in [-0.15, -0.1) is 10.2 Å². The van der Waals surface area contributed by atoms with E-state index in [1.54, 1.807) is 43.5 Å². The molecule has 0 aliphatic heterocycles. The Morgan fingerprint density at radius 2 is 2.07 bits per heavy atom. The lowest BCUT2D eigenvalue weighted by molar-refractivity contribution is 0.0955. The summed E-state index contributed by atoms with van der Waals surface area (Å²) in [6.45, 7) is 5.51. The minimum Gasteiger partial charge on any atom is -0.383 e. The van der Waals surface area contributed by atoms with Crippen LogP contribution >= 0.6 is 11.8 Å². The molecule has 1 amide bonds. The van der Waals surface area contributed by atoms with Gasteiger partial charge in [0.25, 0.3) is 5.91 Å². The average Bonchev–Trinajstić information content (AvgIpc) is 3.27. The highest BCUT2D eigenvalue weighted by Crippen LogP contribution is 2.20. The van der Waals surface area contributed by atoms with Gasteiger partial charge in [-0.25, -0.2) is 5.43 Å². The number of aromatic nitrogens is 4. The third-order valence-electron chi connectivity index (χ3n) is 4.76. The number of hydrogen-bond acceptors (Lipinski definition) is 6. The summed E-state index contributed by atoms with van der Waals surface area (Å²) in [7, 11) is 3.60. The highest BCUT2D eigenvalue weighted by molar-refractivity contribution is 7.98. The Balaban J connectivity index is 1.55. The quantitative estimate of drug-likeness (QED) is 0.323. The fourth-order valence-corrected chi connectivity index (χ4v) is 3.86. The third-order valence-corrected chi connectivity index (χ3v) is 5.86. The van der Waals surface area contributed by atoms with Crippen molar-refractivity contribution in [2.24, 2.45) is 12.1 Å². The first-order valence-corrected chi connectivity index (χ1v) is 10.5. The minimum absolute atomic E-state index is 0.244. The molecule has 158 valence electrons. The average molecular weight is 427 g/mol. The molecule has 2 aromatic heterocycles. The van der Waals surface area contributed by atoms with Gasteiger partial charge >= 0.3 is 0 Å². The number of nitrogens with zero attached hydrogens (tertiary/aromatic N) is 5. The third kappa shape index (κ3) is 5.37. The van der Waals surface area contributed by atoms with Crippen molar-refractivity contribution < 1.29 is 9.53 Å². The first-order valence-electron chi connectivity index (χ1n) is 9.54. The molecule has 0 radical (unpaired) electrons. The van der Waals surface area contributed by atoms with E-state index in [1.165, 1.54) is 0 Å². The Bertz CT molecular complexity index is 1020. The predicted octanol–water partition coefficient (Wildman–Crippen LogP) is 2.94. The number of benzene rings is 1. The largest absolute Gasteiger partial charge is 0.383 e. The summed E-state index contributed by atoms with van der Waals surface area (Å²) in [5, 5.41) is 12.9. The van der Waals surface area contributed by atoms with Crippen LogP contribution in [0.2, 0.25) is 0 Å². The van der Waals surface area contributed by atoms with Gasteiger partial charge in [-0.05, 0) is 37.6 Å². The lowest BCUT2D eigenvalue weighted by atomic mass is 10.1. The van der Waals surface area contributed by atoms with Crippen LogP contribution in [0.15, 0.2) is 46.9 Å². The second-order valence-corrected chi connectivity index (χ2v) is 7.82. The highest BCUT2D eigenvalue weighted by atomic mass is 32.2. The molecule has 0 fully saturated rings. The number of nitrogens with one attached hydrogen (secondary N) is 1. The molecule has 2 heterocycles. The molecule has 9 heteroatoms. The van der Waals surface area contributed by atoms with Gasteiger partial charge in [-0.3, -0.25) is 4.79 Å².